The van der Waals surface area contributed by atoms with Crippen LogP contribution in [0.2, 0.25) is 0 Å². The Kier molecular flexibility index (Phi) is 7.52. The van der Waals surface area contributed by atoms with E-state index in [0.717, 1.165) is 19.8 Å². The van der Waals surface area contributed by atoms with Crippen LogP contribution in [0.15, 0.2) is 53.7 Å². The van der Waals surface area contributed by atoms with Crippen molar-refractivity contribution in [3.63, 3.8) is 0 Å². The number of ether oxygens (including phenoxy) is 5. The first kappa shape index (κ1) is 23.6. The zero-order valence-electron chi connectivity index (χ0n) is 18.3. The topological polar surface area (TPSA) is 121 Å². The molecule has 1 aliphatic rings. The molecule has 33 heavy (non-hydrogen) atoms. The summed E-state index contributed by atoms with van der Waals surface area (Å²) in [6.07, 6.45) is 0. The quantitative estimate of drug-likeness (QED) is 0.591. The summed E-state index contributed by atoms with van der Waals surface area (Å²) in [4.78, 5) is 38.2. The number of benzene rings is 2. The van der Waals surface area contributed by atoms with Crippen molar-refractivity contribution in [3.05, 3.63) is 64.9 Å². The highest BCUT2D eigenvalue weighted by atomic mass is 16.5. The van der Waals surface area contributed by atoms with E-state index in [4.69, 9.17) is 23.7 Å². The third-order valence-electron chi connectivity index (χ3n) is 4.87. The summed E-state index contributed by atoms with van der Waals surface area (Å²) in [5, 5.41) is 9.83. The highest BCUT2D eigenvalue weighted by molar-refractivity contribution is 6.06. The van der Waals surface area contributed by atoms with Crippen molar-refractivity contribution in [1.82, 2.24) is 0 Å². The van der Waals surface area contributed by atoms with Crippen molar-refractivity contribution >= 4 is 23.6 Å². The number of aromatic carboxylic acids is 1. The van der Waals surface area contributed by atoms with Crippen LogP contribution in [0.1, 0.15) is 15.9 Å². The molecule has 2 aromatic carbocycles. The average Bonchev–Trinajstić information content (AvgIpc) is 2.85. The molecule has 10 heteroatoms. The van der Waals surface area contributed by atoms with Crippen LogP contribution in [0.25, 0.3) is 0 Å². The van der Waals surface area contributed by atoms with Crippen molar-refractivity contribution < 1.29 is 43.2 Å². The molecule has 1 heterocycles. The number of carbonyl (C=O) groups excluding carboxylic acids is 2. The molecule has 0 unspecified atom stereocenters. The Hall–Kier alpha value is -4.05. The molecule has 0 saturated carbocycles. The normalized spacial score (nSPS) is 13.4. The average molecular weight is 457 g/mol. The summed E-state index contributed by atoms with van der Waals surface area (Å²) in [7, 11) is 3.64. The summed E-state index contributed by atoms with van der Waals surface area (Å²) in [5.41, 5.74) is 0.321. The van der Waals surface area contributed by atoms with Gasteiger partial charge in [0, 0.05) is 0 Å². The van der Waals surface area contributed by atoms with Crippen LogP contribution in [0.4, 0.5) is 5.69 Å². The van der Waals surface area contributed by atoms with Gasteiger partial charge in [0.05, 0.1) is 39.1 Å². The van der Waals surface area contributed by atoms with Gasteiger partial charge in [-0.25, -0.2) is 14.4 Å². The van der Waals surface area contributed by atoms with Crippen LogP contribution in [0.3, 0.4) is 0 Å². The van der Waals surface area contributed by atoms with Gasteiger partial charge in [-0.1, -0.05) is 30.3 Å². The van der Waals surface area contributed by atoms with Crippen LogP contribution in [0, 0.1) is 0 Å². The number of carboxylic acid groups (broad SMARTS) is 1. The highest BCUT2D eigenvalue weighted by Gasteiger charge is 2.36. The van der Waals surface area contributed by atoms with Crippen LogP contribution in [-0.2, 0) is 30.4 Å². The molecule has 3 rings (SSSR count). The van der Waals surface area contributed by atoms with E-state index in [1.165, 1.54) is 24.1 Å². The fraction of sp³-hybridized carbons (Fsp3) is 0.261. The van der Waals surface area contributed by atoms with Crippen molar-refractivity contribution in [2.24, 2.45) is 0 Å². The van der Waals surface area contributed by atoms with E-state index in [1.54, 1.807) is 0 Å². The first-order chi connectivity index (χ1) is 15.9. The zero-order chi connectivity index (χ0) is 24.0. The largest absolute Gasteiger partial charge is 0.491 e. The molecule has 0 fully saturated rings. The van der Waals surface area contributed by atoms with Crippen molar-refractivity contribution in [1.29, 1.82) is 0 Å². The van der Waals surface area contributed by atoms with Gasteiger partial charge >= 0.3 is 17.9 Å². The van der Waals surface area contributed by atoms with Gasteiger partial charge in [0.25, 0.3) is 0 Å². The molecule has 0 spiro atoms. The number of carboxylic acids is 1. The number of hydrogen-bond acceptors (Lipinski definition) is 9. The molecule has 0 amide bonds. The van der Waals surface area contributed by atoms with Crippen molar-refractivity contribution in [3.8, 4) is 11.5 Å². The van der Waals surface area contributed by atoms with Gasteiger partial charge < -0.3 is 33.7 Å². The number of anilines is 1. The molecule has 0 saturated heterocycles. The molecular formula is C23H23NO9. The smallest absolute Gasteiger partial charge is 0.355 e. The van der Waals surface area contributed by atoms with Gasteiger partial charge in [-0.2, -0.15) is 0 Å². The summed E-state index contributed by atoms with van der Waals surface area (Å²) in [5.74, 6) is -2.69. The van der Waals surface area contributed by atoms with Crippen LogP contribution in [0.5, 0.6) is 11.5 Å². The molecule has 0 radical (unpaired) electrons. The maximum atomic E-state index is 12.7. The van der Waals surface area contributed by atoms with Gasteiger partial charge in [0.2, 0.25) is 0 Å². The second-order valence-electron chi connectivity index (χ2n) is 6.79. The SMILES string of the molecule is COC(=O)C1=C(C(=O)OC)N(c2c(C(=O)O)ccc(OCc3ccccc3)c2OC)COC1. The molecule has 2 aromatic rings. The predicted molar refractivity (Wildman–Crippen MR) is 115 cm³/mol. The van der Waals surface area contributed by atoms with Crippen LogP contribution < -0.4 is 14.4 Å². The lowest BCUT2D eigenvalue weighted by atomic mass is 10.1. The van der Waals surface area contributed by atoms with E-state index in [-0.39, 0.29) is 54.0 Å². The number of hydrogen-bond donors (Lipinski definition) is 1. The second kappa shape index (κ2) is 10.5. The fourth-order valence-corrected chi connectivity index (χ4v) is 3.36. The molecule has 0 aromatic heterocycles. The van der Waals surface area contributed by atoms with Gasteiger partial charge in [0.1, 0.15) is 24.7 Å². The predicted octanol–water partition coefficient (Wildman–Crippen LogP) is 2.37. The first-order valence-electron chi connectivity index (χ1n) is 9.79. The van der Waals surface area contributed by atoms with Gasteiger partial charge in [-0.05, 0) is 17.7 Å². The minimum atomic E-state index is -1.28. The number of methoxy groups -OCH3 is 3. The van der Waals surface area contributed by atoms with Crippen molar-refractivity contribution in [2.75, 3.05) is 39.6 Å². The standard InChI is InChI=1S/C23H23NO9/c1-29-20-17(33-11-14-7-5-4-6-8-14)10-9-15(21(25)26)18(20)24-13-32-12-16(22(27)30-2)19(24)23(28)31-3/h4-10H,11-13H2,1-3H3,(H,25,26). The van der Waals surface area contributed by atoms with Gasteiger partial charge in [0.15, 0.2) is 11.5 Å². The molecule has 10 nitrogen and oxygen atoms in total. The molecule has 1 aliphatic heterocycles. The Bertz CT molecular complexity index is 1080. The molecule has 174 valence electrons. The van der Waals surface area contributed by atoms with Gasteiger partial charge in [-0.3, -0.25) is 0 Å². The maximum absolute atomic E-state index is 12.7. The highest BCUT2D eigenvalue weighted by Crippen LogP contribution is 2.43. The lowest BCUT2D eigenvalue weighted by Crippen LogP contribution is -2.39. The Balaban J connectivity index is 2.17. The minimum absolute atomic E-state index is 0.0305. The number of carbonyl (C=O) groups is 3. The van der Waals surface area contributed by atoms with Crippen LogP contribution >= 0.6 is 0 Å². The maximum Gasteiger partial charge on any atom is 0.355 e. The number of esters is 2. The van der Waals surface area contributed by atoms with E-state index in [2.05, 4.69) is 0 Å². The molecule has 0 aliphatic carbocycles. The zero-order valence-corrected chi connectivity index (χ0v) is 18.3. The molecule has 1 N–H and O–H groups in total. The summed E-state index contributed by atoms with van der Waals surface area (Å²) < 4.78 is 26.5. The third kappa shape index (κ3) is 4.90. The minimum Gasteiger partial charge on any atom is -0.491 e. The van der Waals surface area contributed by atoms with Gasteiger partial charge in [-0.15, -0.1) is 0 Å². The Labute approximate surface area is 189 Å². The monoisotopic (exact) mass is 457 g/mol. The lowest BCUT2D eigenvalue weighted by Gasteiger charge is -2.33. The van der Waals surface area contributed by atoms with Crippen LogP contribution in [-0.4, -0.2) is 57.7 Å². The van der Waals surface area contributed by atoms with Crippen molar-refractivity contribution in [2.45, 2.75) is 6.61 Å². The summed E-state index contributed by atoms with van der Waals surface area (Å²) in [6.45, 7) is -0.279. The van der Waals surface area contributed by atoms with E-state index >= 15 is 0 Å². The second-order valence-corrected chi connectivity index (χ2v) is 6.79. The number of rotatable bonds is 8. The number of nitrogens with zero attached hydrogens (tertiary/aromatic N) is 1. The van der Waals surface area contributed by atoms with E-state index < -0.39 is 17.9 Å². The van der Waals surface area contributed by atoms with E-state index in [9.17, 15) is 19.5 Å². The lowest BCUT2D eigenvalue weighted by molar-refractivity contribution is -0.140. The summed E-state index contributed by atoms with van der Waals surface area (Å²) >= 11 is 0. The van der Waals surface area contributed by atoms with E-state index in [1.807, 2.05) is 30.3 Å². The Morgan fingerprint density at radius 2 is 1.70 bits per heavy atom. The third-order valence-corrected chi connectivity index (χ3v) is 4.87. The summed E-state index contributed by atoms with van der Waals surface area (Å²) in [6, 6.07) is 12.1. The van der Waals surface area contributed by atoms with E-state index in [0.29, 0.717) is 0 Å². The molecule has 0 atom stereocenters. The first-order valence-corrected chi connectivity index (χ1v) is 9.79. The molecular weight excluding hydrogens is 434 g/mol. The Morgan fingerprint density at radius 3 is 2.30 bits per heavy atom. The Morgan fingerprint density at radius 1 is 1.00 bits per heavy atom. The molecule has 0 bridgehead atoms. The fourth-order valence-electron chi connectivity index (χ4n) is 3.36.